The van der Waals surface area contributed by atoms with Gasteiger partial charge < -0.3 is 19.2 Å². The lowest BCUT2D eigenvalue weighted by atomic mass is 10.0. The smallest absolute Gasteiger partial charge is 0.348 e. The van der Waals surface area contributed by atoms with Gasteiger partial charge in [-0.2, -0.15) is 0 Å². The fourth-order valence-corrected chi connectivity index (χ4v) is 5.76. The Morgan fingerprint density at radius 3 is 2.02 bits per heavy atom. The SMILES string of the molecule is COC(=O)c1cc2[nH]c(-c3ccc(OCc4ccccc4)cc3OCc3ccccc3)c(-c3ccccc3)c2s1. The quantitative estimate of drug-likeness (QED) is 0.185. The first-order chi connectivity index (χ1) is 19.7. The monoisotopic (exact) mass is 545 g/mol. The number of thiophene rings is 1. The molecule has 0 fully saturated rings. The number of hydrogen-bond acceptors (Lipinski definition) is 5. The van der Waals surface area contributed by atoms with E-state index in [-0.39, 0.29) is 5.97 Å². The molecule has 0 saturated carbocycles. The van der Waals surface area contributed by atoms with E-state index in [1.165, 1.54) is 18.4 Å². The average molecular weight is 546 g/mol. The Labute approximate surface area is 236 Å². The highest BCUT2D eigenvalue weighted by atomic mass is 32.1. The van der Waals surface area contributed by atoms with E-state index in [2.05, 4.69) is 17.1 Å². The molecule has 6 heteroatoms. The summed E-state index contributed by atoms with van der Waals surface area (Å²) in [4.78, 5) is 16.4. The Morgan fingerprint density at radius 2 is 1.38 bits per heavy atom. The maximum absolute atomic E-state index is 12.3. The van der Waals surface area contributed by atoms with Crippen LogP contribution in [0.1, 0.15) is 20.8 Å². The van der Waals surface area contributed by atoms with Gasteiger partial charge in [0.2, 0.25) is 0 Å². The molecule has 0 aliphatic heterocycles. The molecule has 0 saturated heterocycles. The minimum Gasteiger partial charge on any atom is -0.489 e. The van der Waals surface area contributed by atoms with E-state index in [1.807, 2.05) is 103 Å². The zero-order valence-electron chi connectivity index (χ0n) is 21.9. The summed E-state index contributed by atoms with van der Waals surface area (Å²) >= 11 is 1.42. The Balaban J connectivity index is 1.44. The lowest BCUT2D eigenvalue weighted by Crippen LogP contribution is -2.00. The van der Waals surface area contributed by atoms with E-state index < -0.39 is 0 Å². The van der Waals surface area contributed by atoms with Crippen LogP contribution in [0, 0.1) is 0 Å². The van der Waals surface area contributed by atoms with E-state index in [1.54, 1.807) is 0 Å². The Morgan fingerprint density at radius 1 is 0.750 bits per heavy atom. The van der Waals surface area contributed by atoms with Gasteiger partial charge in [-0.3, -0.25) is 0 Å². The van der Waals surface area contributed by atoms with Crippen molar-refractivity contribution >= 4 is 27.5 Å². The number of methoxy groups -OCH3 is 1. The number of nitrogens with one attached hydrogen (secondary N) is 1. The molecular weight excluding hydrogens is 518 g/mol. The number of esters is 1. The van der Waals surface area contributed by atoms with Crippen LogP contribution >= 0.6 is 11.3 Å². The Bertz CT molecular complexity index is 1740. The predicted octanol–water partition coefficient (Wildman–Crippen LogP) is 8.51. The van der Waals surface area contributed by atoms with Crippen LogP contribution in [-0.2, 0) is 18.0 Å². The molecule has 0 radical (unpaired) electrons. The molecular formula is C34H27NO4S. The van der Waals surface area contributed by atoms with Crippen LogP contribution in [0.15, 0.2) is 115 Å². The van der Waals surface area contributed by atoms with Gasteiger partial charge in [-0.25, -0.2) is 4.79 Å². The second-order valence-corrected chi connectivity index (χ2v) is 10.3. The van der Waals surface area contributed by atoms with Gasteiger partial charge in [-0.1, -0.05) is 91.0 Å². The molecule has 6 rings (SSSR count). The van der Waals surface area contributed by atoms with Crippen molar-refractivity contribution in [1.82, 2.24) is 4.98 Å². The fourth-order valence-electron chi connectivity index (χ4n) is 4.66. The molecule has 0 amide bonds. The number of rotatable bonds is 9. The number of H-pyrrole nitrogens is 1. The van der Waals surface area contributed by atoms with Crippen LogP contribution in [0.3, 0.4) is 0 Å². The van der Waals surface area contributed by atoms with Crippen molar-refractivity contribution in [1.29, 1.82) is 0 Å². The highest BCUT2D eigenvalue weighted by Gasteiger charge is 2.22. The molecule has 0 unspecified atom stereocenters. The van der Waals surface area contributed by atoms with E-state index in [0.29, 0.717) is 23.8 Å². The van der Waals surface area contributed by atoms with Crippen LogP contribution in [-0.4, -0.2) is 18.1 Å². The number of ether oxygens (including phenoxy) is 3. The van der Waals surface area contributed by atoms with Gasteiger partial charge in [0, 0.05) is 17.2 Å². The van der Waals surface area contributed by atoms with Crippen molar-refractivity contribution in [2.24, 2.45) is 0 Å². The third kappa shape index (κ3) is 5.35. The van der Waals surface area contributed by atoms with Gasteiger partial charge in [0.15, 0.2) is 0 Å². The number of aromatic nitrogens is 1. The van der Waals surface area contributed by atoms with Gasteiger partial charge >= 0.3 is 5.97 Å². The maximum Gasteiger partial charge on any atom is 0.348 e. The Hall–Kier alpha value is -4.81. The third-order valence-electron chi connectivity index (χ3n) is 6.63. The summed E-state index contributed by atoms with van der Waals surface area (Å²) in [5.74, 6) is 1.08. The summed E-state index contributed by atoms with van der Waals surface area (Å²) in [5, 5.41) is 0. The van der Waals surface area contributed by atoms with Crippen LogP contribution in [0.2, 0.25) is 0 Å². The number of hydrogen-bond donors (Lipinski definition) is 1. The largest absolute Gasteiger partial charge is 0.489 e. The van der Waals surface area contributed by atoms with Crippen LogP contribution in [0.4, 0.5) is 0 Å². The third-order valence-corrected chi connectivity index (χ3v) is 7.76. The zero-order chi connectivity index (χ0) is 27.3. The average Bonchev–Trinajstić information content (AvgIpc) is 3.58. The number of benzene rings is 4. The molecule has 0 aliphatic carbocycles. The minimum atomic E-state index is -0.345. The molecule has 2 aromatic heterocycles. The summed E-state index contributed by atoms with van der Waals surface area (Å²) in [6, 6.07) is 38.2. The van der Waals surface area contributed by atoms with Gasteiger partial charge in [-0.05, 0) is 34.9 Å². The number of carbonyl (C=O) groups excluding carboxylic acids is 1. The summed E-state index contributed by atoms with van der Waals surface area (Å²) in [6.07, 6.45) is 0. The molecule has 198 valence electrons. The number of aromatic amines is 1. The molecule has 1 N–H and O–H groups in total. The first-order valence-corrected chi connectivity index (χ1v) is 13.8. The molecule has 2 heterocycles. The summed E-state index contributed by atoms with van der Waals surface area (Å²) in [6.45, 7) is 0.875. The molecule has 40 heavy (non-hydrogen) atoms. The molecule has 4 aromatic carbocycles. The maximum atomic E-state index is 12.3. The van der Waals surface area contributed by atoms with Crippen molar-refractivity contribution in [3.8, 4) is 33.9 Å². The number of carbonyl (C=O) groups is 1. The minimum absolute atomic E-state index is 0.345. The topological polar surface area (TPSA) is 60.6 Å². The van der Waals surface area contributed by atoms with Crippen LogP contribution < -0.4 is 9.47 Å². The van der Waals surface area contributed by atoms with E-state index in [0.717, 1.165) is 49.5 Å². The first kappa shape index (κ1) is 25.5. The molecule has 0 atom stereocenters. The molecule has 0 spiro atoms. The van der Waals surface area contributed by atoms with Crippen molar-refractivity contribution in [3.05, 3.63) is 131 Å². The van der Waals surface area contributed by atoms with Crippen molar-refractivity contribution in [3.63, 3.8) is 0 Å². The predicted molar refractivity (Wildman–Crippen MR) is 160 cm³/mol. The molecule has 0 aliphatic rings. The van der Waals surface area contributed by atoms with E-state index >= 15 is 0 Å². The van der Waals surface area contributed by atoms with Crippen molar-refractivity contribution < 1.29 is 19.0 Å². The van der Waals surface area contributed by atoms with Gasteiger partial charge in [0.05, 0.1) is 23.0 Å². The normalized spacial score (nSPS) is 10.9. The Kier molecular flexibility index (Phi) is 7.33. The lowest BCUT2D eigenvalue weighted by Gasteiger charge is -2.15. The second kappa shape index (κ2) is 11.5. The molecule has 6 aromatic rings. The van der Waals surface area contributed by atoms with Gasteiger partial charge in [0.25, 0.3) is 0 Å². The van der Waals surface area contributed by atoms with Gasteiger partial charge in [0.1, 0.15) is 29.6 Å². The van der Waals surface area contributed by atoms with Gasteiger partial charge in [-0.15, -0.1) is 11.3 Å². The summed E-state index contributed by atoms with van der Waals surface area (Å²) in [7, 11) is 1.40. The van der Waals surface area contributed by atoms with Crippen LogP contribution in [0.25, 0.3) is 32.6 Å². The molecule has 5 nitrogen and oxygen atoms in total. The van der Waals surface area contributed by atoms with Crippen molar-refractivity contribution in [2.45, 2.75) is 13.2 Å². The summed E-state index contributed by atoms with van der Waals surface area (Å²) in [5.41, 5.74) is 6.92. The summed E-state index contributed by atoms with van der Waals surface area (Å²) < 4.78 is 18.6. The molecule has 0 bridgehead atoms. The standard InChI is InChI=1S/C34H27NO4S/c1-37-34(36)30-20-28-33(40-30)31(25-15-9-4-10-16-25)32(35-28)27-18-17-26(38-21-23-11-5-2-6-12-23)19-29(27)39-22-24-13-7-3-8-14-24/h2-20,35H,21-22H2,1H3. The number of fused-ring (bicyclic) bond motifs is 1. The second-order valence-electron chi connectivity index (χ2n) is 9.29. The first-order valence-electron chi connectivity index (χ1n) is 13.0. The zero-order valence-corrected chi connectivity index (χ0v) is 22.7. The lowest BCUT2D eigenvalue weighted by molar-refractivity contribution is 0.0606. The van der Waals surface area contributed by atoms with E-state index in [4.69, 9.17) is 14.2 Å². The van der Waals surface area contributed by atoms with Crippen LogP contribution in [0.5, 0.6) is 11.5 Å². The fraction of sp³-hybridized carbons (Fsp3) is 0.0882. The highest BCUT2D eigenvalue weighted by Crippen LogP contribution is 2.45. The highest BCUT2D eigenvalue weighted by molar-refractivity contribution is 7.21. The van der Waals surface area contributed by atoms with E-state index in [9.17, 15) is 4.79 Å². The van der Waals surface area contributed by atoms with Crippen molar-refractivity contribution in [2.75, 3.05) is 7.11 Å².